The van der Waals surface area contributed by atoms with Gasteiger partial charge >= 0.3 is 5.97 Å². The molecular weight excluding hydrogens is 504 g/mol. The summed E-state index contributed by atoms with van der Waals surface area (Å²) in [4.78, 5) is 46.3. The quantitative estimate of drug-likeness (QED) is 0.444. The van der Waals surface area contributed by atoms with E-state index < -0.39 is 38.6 Å². The van der Waals surface area contributed by atoms with E-state index in [1.54, 1.807) is 13.8 Å². The van der Waals surface area contributed by atoms with E-state index in [4.69, 9.17) is 5.11 Å². The second-order valence-electron chi connectivity index (χ2n) is 9.31. The Bertz CT molecular complexity index is 1440. The van der Waals surface area contributed by atoms with Crippen LogP contribution in [0.15, 0.2) is 39.7 Å². The van der Waals surface area contributed by atoms with Crippen molar-refractivity contribution in [2.45, 2.75) is 68.6 Å². The third-order valence-corrected chi connectivity index (χ3v) is 9.85. The van der Waals surface area contributed by atoms with Crippen LogP contribution < -0.4 is 10.9 Å². The fourth-order valence-electron chi connectivity index (χ4n) is 4.47. The SMILES string of the molecule is CC(C)S(=O)(=O)c1csc2c(=O)n(C(CC3CCCCC3)C(=O)Nc3ccc(C(=O)O)cn3)cnc12. The number of pyridine rings is 1. The molecule has 2 N–H and O–H groups in total. The van der Waals surface area contributed by atoms with Crippen LogP contribution in [0.25, 0.3) is 10.2 Å². The highest BCUT2D eigenvalue weighted by atomic mass is 32.2. The van der Waals surface area contributed by atoms with Crippen LogP contribution >= 0.6 is 11.3 Å². The molecule has 0 spiro atoms. The van der Waals surface area contributed by atoms with Crippen molar-refractivity contribution in [3.8, 4) is 0 Å². The first kappa shape index (κ1) is 26.0. The summed E-state index contributed by atoms with van der Waals surface area (Å²) in [7, 11) is -3.63. The number of amides is 1. The van der Waals surface area contributed by atoms with Crippen LogP contribution in [0.5, 0.6) is 0 Å². The summed E-state index contributed by atoms with van der Waals surface area (Å²) in [5.41, 5.74) is -0.361. The first-order valence-electron chi connectivity index (χ1n) is 11.8. The smallest absolute Gasteiger partial charge is 0.337 e. The number of carboxylic acids is 1. The van der Waals surface area contributed by atoms with Crippen LogP contribution in [0, 0.1) is 5.92 Å². The molecule has 4 rings (SSSR count). The summed E-state index contributed by atoms with van der Waals surface area (Å²) in [5.74, 6) is -1.18. The molecule has 1 atom stereocenters. The predicted octanol–water partition coefficient (Wildman–Crippen LogP) is 3.88. The van der Waals surface area contributed by atoms with E-state index in [1.807, 2.05) is 0 Å². The molecule has 1 amide bonds. The van der Waals surface area contributed by atoms with Gasteiger partial charge < -0.3 is 10.4 Å². The maximum Gasteiger partial charge on any atom is 0.337 e. The molecule has 0 aliphatic heterocycles. The number of aromatic nitrogens is 3. The topological polar surface area (TPSA) is 148 Å². The average molecular weight is 533 g/mol. The third kappa shape index (κ3) is 5.19. The molecule has 3 aromatic rings. The van der Waals surface area contributed by atoms with Gasteiger partial charge in [0, 0.05) is 11.6 Å². The van der Waals surface area contributed by atoms with E-state index in [9.17, 15) is 22.8 Å². The molecule has 192 valence electrons. The maximum absolute atomic E-state index is 13.5. The molecule has 1 saturated carbocycles. The van der Waals surface area contributed by atoms with Gasteiger partial charge in [-0.25, -0.2) is 23.2 Å². The largest absolute Gasteiger partial charge is 0.478 e. The minimum absolute atomic E-state index is 0.0116. The summed E-state index contributed by atoms with van der Waals surface area (Å²) in [6, 6.07) is 1.85. The van der Waals surface area contributed by atoms with Gasteiger partial charge in [0.05, 0.1) is 17.1 Å². The van der Waals surface area contributed by atoms with Crippen molar-refractivity contribution < 1.29 is 23.1 Å². The molecule has 0 bridgehead atoms. The Labute approximate surface area is 212 Å². The van der Waals surface area contributed by atoms with E-state index in [0.29, 0.717) is 6.42 Å². The molecule has 1 aliphatic carbocycles. The van der Waals surface area contributed by atoms with Crippen molar-refractivity contribution in [1.82, 2.24) is 14.5 Å². The van der Waals surface area contributed by atoms with Gasteiger partial charge in [0.1, 0.15) is 27.0 Å². The Kier molecular flexibility index (Phi) is 7.55. The van der Waals surface area contributed by atoms with E-state index in [1.165, 1.54) is 28.4 Å². The number of rotatable bonds is 8. The molecule has 10 nitrogen and oxygen atoms in total. The van der Waals surface area contributed by atoms with Crippen LogP contribution in [0.3, 0.4) is 0 Å². The lowest BCUT2D eigenvalue weighted by molar-refractivity contribution is -0.120. The third-order valence-electron chi connectivity index (χ3n) is 6.58. The molecule has 1 aliphatic rings. The number of fused-ring (bicyclic) bond motifs is 1. The molecule has 1 fully saturated rings. The van der Waals surface area contributed by atoms with Gasteiger partial charge in [-0.05, 0) is 38.3 Å². The number of carboxylic acid groups (broad SMARTS) is 1. The van der Waals surface area contributed by atoms with Crippen molar-refractivity contribution >= 4 is 49.1 Å². The lowest BCUT2D eigenvalue weighted by atomic mass is 9.84. The Morgan fingerprint density at radius 1 is 1.19 bits per heavy atom. The summed E-state index contributed by atoms with van der Waals surface area (Å²) < 4.78 is 26.9. The minimum atomic E-state index is -3.63. The second-order valence-corrected chi connectivity index (χ2v) is 12.7. The van der Waals surface area contributed by atoms with Crippen molar-refractivity contribution in [3.05, 3.63) is 46.0 Å². The molecule has 3 heterocycles. The van der Waals surface area contributed by atoms with Crippen molar-refractivity contribution in [2.24, 2.45) is 5.92 Å². The zero-order chi connectivity index (χ0) is 26.0. The van der Waals surface area contributed by atoms with E-state index >= 15 is 0 Å². The van der Waals surface area contributed by atoms with Crippen molar-refractivity contribution in [3.63, 3.8) is 0 Å². The fraction of sp³-hybridized carbons (Fsp3) is 0.458. The highest BCUT2D eigenvalue weighted by Crippen LogP contribution is 2.32. The predicted molar refractivity (Wildman–Crippen MR) is 136 cm³/mol. The Hall–Kier alpha value is -3.12. The number of hydrogen-bond donors (Lipinski definition) is 2. The number of carbonyl (C=O) groups excluding carboxylic acids is 1. The van der Waals surface area contributed by atoms with Crippen LogP contribution in [0.1, 0.15) is 68.8 Å². The van der Waals surface area contributed by atoms with Crippen LogP contribution in [0.2, 0.25) is 0 Å². The molecule has 0 aromatic carbocycles. The number of aromatic carboxylic acids is 1. The molecule has 1 unspecified atom stereocenters. The Morgan fingerprint density at radius 3 is 2.53 bits per heavy atom. The van der Waals surface area contributed by atoms with E-state index in [0.717, 1.165) is 49.6 Å². The lowest BCUT2D eigenvalue weighted by Gasteiger charge is -2.27. The van der Waals surface area contributed by atoms with Gasteiger partial charge in [0.15, 0.2) is 9.84 Å². The standard InChI is InChI=1S/C24H28N4O6S2/c1-14(2)36(33,34)18-12-35-21-20(18)26-13-28(23(21)30)17(10-15-6-4-3-5-7-15)22(29)27-19-9-8-16(11-25-19)24(31)32/h8-9,11-15,17H,3-7,10H2,1-2H3,(H,31,32)(H,25,27,29). The van der Waals surface area contributed by atoms with Crippen LogP contribution in [0.4, 0.5) is 5.82 Å². The number of nitrogens with one attached hydrogen (secondary N) is 1. The average Bonchev–Trinajstić information content (AvgIpc) is 3.30. The van der Waals surface area contributed by atoms with Gasteiger partial charge in [-0.15, -0.1) is 11.3 Å². The number of nitrogens with zero attached hydrogens (tertiary/aromatic N) is 3. The highest BCUT2D eigenvalue weighted by Gasteiger charge is 2.30. The van der Waals surface area contributed by atoms with E-state index in [2.05, 4.69) is 15.3 Å². The molecule has 3 aromatic heterocycles. The first-order valence-corrected chi connectivity index (χ1v) is 14.2. The van der Waals surface area contributed by atoms with Gasteiger partial charge in [0.2, 0.25) is 5.91 Å². The summed E-state index contributed by atoms with van der Waals surface area (Å²) >= 11 is 1.01. The number of thiophene rings is 1. The number of hydrogen-bond acceptors (Lipinski definition) is 8. The fourth-order valence-corrected chi connectivity index (χ4v) is 6.96. The van der Waals surface area contributed by atoms with E-state index in [-0.39, 0.29) is 32.4 Å². The van der Waals surface area contributed by atoms with Gasteiger partial charge in [-0.2, -0.15) is 0 Å². The zero-order valence-corrected chi connectivity index (χ0v) is 21.6. The first-order chi connectivity index (χ1) is 17.1. The molecule has 12 heteroatoms. The van der Waals surface area contributed by atoms with Crippen LogP contribution in [-0.4, -0.2) is 45.2 Å². The minimum Gasteiger partial charge on any atom is -0.478 e. The second kappa shape index (κ2) is 10.5. The molecule has 36 heavy (non-hydrogen) atoms. The van der Waals surface area contributed by atoms with Crippen molar-refractivity contribution in [1.29, 1.82) is 0 Å². The number of anilines is 1. The summed E-state index contributed by atoms with van der Waals surface area (Å²) in [6.07, 6.45) is 8.00. The molecular formula is C24H28N4O6S2. The zero-order valence-electron chi connectivity index (χ0n) is 20.0. The summed E-state index contributed by atoms with van der Waals surface area (Å²) in [5, 5.41) is 12.5. The number of sulfone groups is 1. The lowest BCUT2D eigenvalue weighted by Crippen LogP contribution is -2.35. The Balaban J connectivity index is 1.71. The maximum atomic E-state index is 13.5. The normalized spacial score (nSPS) is 15.8. The van der Waals surface area contributed by atoms with Gasteiger partial charge in [-0.3, -0.25) is 14.2 Å². The van der Waals surface area contributed by atoms with Gasteiger partial charge in [0.25, 0.3) is 5.56 Å². The highest BCUT2D eigenvalue weighted by molar-refractivity contribution is 7.92. The van der Waals surface area contributed by atoms with Crippen LogP contribution in [-0.2, 0) is 14.6 Å². The molecule has 0 radical (unpaired) electrons. The molecule has 0 saturated heterocycles. The van der Waals surface area contributed by atoms with Crippen molar-refractivity contribution in [2.75, 3.05) is 5.32 Å². The summed E-state index contributed by atoms with van der Waals surface area (Å²) in [6.45, 7) is 3.14. The monoisotopic (exact) mass is 532 g/mol. The Morgan fingerprint density at radius 2 is 1.92 bits per heavy atom. The van der Waals surface area contributed by atoms with Gasteiger partial charge in [-0.1, -0.05) is 32.1 Å². The number of carbonyl (C=O) groups is 2.